The van der Waals surface area contributed by atoms with Crippen molar-refractivity contribution in [3.05, 3.63) is 36.4 Å². The third kappa shape index (κ3) is 2.30. The van der Waals surface area contributed by atoms with Crippen LogP contribution in [0.25, 0.3) is 0 Å². The van der Waals surface area contributed by atoms with E-state index in [1.54, 1.807) is 12.5 Å². The first-order chi connectivity index (χ1) is 8.86. The van der Waals surface area contributed by atoms with Crippen LogP contribution in [0.3, 0.4) is 0 Å². The largest absolute Gasteiger partial charge is 0.467 e. The summed E-state index contributed by atoms with van der Waals surface area (Å²) in [5, 5.41) is 2.97. The van der Waals surface area contributed by atoms with Crippen molar-refractivity contribution < 1.29 is 4.42 Å². The van der Waals surface area contributed by atoms with Crippen LogP contribution >= 0.6 is 0 Å². The fraction of sp³-hybridized carbons (Fsp3) is 0.385. The van der Waals surface area contributed by atoms with E-state index >= 15 is 0 Å². The molecule has 2 heterocycles. The number of furan rings is 1. The summed E-state index contributed by atoms with van der Waals surface area (Å²) in [6, 6.07) is 6.44. The summed E-state index contributed by atoms with van der Waals surface area (Å²) in [6.07, 6.45) is 5.93. The van der Waals surface area contributed by atoms with Gasteiger partial charge in [-0.25, -0.2) is 4.98 Å². The third-order valence-corrected chi connectivity index (χ3v) is 3.05. The van der Waals surface area contributed by atoms with E-state index < -0.39 is 0 Å². The number of hydrogen-bond donors (Lipinski definition) is 1. The number of hydrogen-bond acceptors (Lipinski definition) is 5. The van der Waals surface area contributed by atoms with Crippen LogP contribution in [0.1, 0.15) is 18.6 Å². The lowest BCUT2D eigenvalue weighted by Crippen LogP contribution is -2.26. The summed E-state index contributed by atoms with van der Waals surface area (Å²) in [5.41, 5.74) is 0. The van der Waals surface area contributed by atoms with E-state index in [-0.39, 0.29) is 0 Å². The van der Waals surface area contributed by atoms with E-state index in [1.807, 2.05) is 25.2 Å². The zero-order chi connectivity index (χ0) is 12.4. The molecule has 0 bridgehead atoms. The summed E-state index contributed by atoms with van der Waals surface area (Å²) >= 11 is 0. The molecule has 18 heavy (non-hydrogen) atoms. The van der Waals surface area contributed by atoms with E-state index in [1.165, 1.54) is 12.8 Å². The highest BCUT2D eigenvalue weighted by atomic mass is 16.3. The SMILES string of the molecule is CNc1nccc(N(Cc2ccco2)C2CC2)n1. The van der Waals surface area contributed by atoms with Crippen LogP contribution in [0.5, 0.6) is 0 Å². The molecule has 0 amide bonds. The highest BCUT2D eigenvalue weighted by molar-refractivity contribution is 5.44. The van der Waals surface area contributed by atoms with Gasteiger partial charge < -0.3 is 14.6 Å². The minimum atomic E-state index is 0.578. The topological polar surface area (TPSA) is 54.2 Å². The Labute approximate surface area is 106 Å². The maximum absolute atomic E-state index is 5.42. The number of aromatic nitrogens is 2. The summed E-state index contributed by atoms with van der Waals surface area (Å²) in [5.74, 6) is 2.57. The van der Waals surface area contributed by atoms with Gasteiger partial charge in [-0.3, -0.25) is 0 Å². The molecule has 0 atom stereocenters. The monoisotopic (exact) mass is 244 g/mol. The van der Waals surface area contributed by atoms with Crippen molar-refractivity contribution in [2.75, 3.05) is 17.3 Å². The lowest BCUT2D eigenvalue weighted by Gasteiger charge is -2.22. The predicted molar refractivity (Wildman–Crippen MR) is 69.5 cm³/mol. The maximum Gasteiger partial charge on any atom is 0.224 e. The average molecular weight is 244 g/mol. The fourth-order valence-electron chi connectivity index (χ4n) is 1.98. The molecule has 0 saturated heterocycles. The quantitative estimate of drug-likeness (QED) is 0.874. The van der Waals surface area contributed by atoms with Gasteiger partial charge in [0.05, 0.1) is 12.8 Å². The van der Waals surface area contributed by atoms with Gasteiger partial charge in [-0.05, 0) is 31.0 Å². The molecule has 1 aliphatic rings. The molecular weight excluding hydrogens is 228 g/mol. The van der Waals surface area contributed by atoms with E-state index in [4.69, 9.17) is 4.42 Å². The summed E-state index contributed by atoms with van der Waals surface area (Å²) in [6.45, 7) is 0.762. The Morgan fingerprint density at radius 3 is 3.00 bits per heavy atom. The molecule has 2 aromatic heterocycles. The van der Waals surface area contributed by atoms with Gasteiger partial charge >= 0.3 is 0 Å². The lowest BCUT2D eigenvalue weighted by molar-refractivity contribution is 0.500. The fourth-order valence-corrected chi connectivity index (χ4v) is 1.98. The van der Waals surface area contributed by atoms with Crippen LogP contribution in [0, 0.1) is 0 Å². The lowest BCUT2D eigenvalue weighted by atomic mass is 10.3. The van der Waals surface area contributed by atoms with Crippen molar-refractivity contribution in [3.63, 3.8) is 0 Å². The van der Waals surface area contributed by atoms with Crippen molar-refractivity contribution in [1.29, 1.82) is 0 Å². The predicted octanol–water partition coefficient (Wildman–Crippen LogP) is 2.28. The smallest absolute Gasteiger partial charge is 0.224 e. The second-order valence-corrected chi connectivity index (χ2v) is 4.43. The first-order valence-corrected chi connectivity index (χ1v) is 6.16. The highest BCUT2D eigenvalue weighted by Gasteiger charge is 2.30. The van der Waals surface area contributed by atoms with Gasteiger partial charge in [-0.15, -0.1) is 0 Å². The molecule has 1 N–H and O–H groups in total. The van der Waals surface area contributed by atoms with Gasteiger partial charge in [-0.2, -0.15) is 4.98 Å². The maximum atomic E-state index is 5.42. The molecule has 94 valence electrons. The Kier molecular flexibility index (Phi) is 2.88. The molecule has 0 spiro atoms. The Morgan fingerprint density at radius 2 is 2.33 bits per heavy atom. The normalized spacial score (nSPS) is 14.5. The minimum Gasteiger partial charge on any atom is -0.467 e. The van der Waals surface area contributed by atoms with Crippen molar-refractivity contribution in [3.8, 4) is 0 Å². The Hall–Kier alpha value is -2.04. The molecule has 0 aliphatic heterocycles. The second kappa shape index (κ2) is 4.68. The minimum absolute atomic E-state index is 0.578. The number of anilines is 2. The molecule has 1 fully saturated rings. The molecule has 1 aliphatic carbocycles. The Balaban J connectivity index is 1.84. The molecule has 5 nitrogen and oxygen atoms in total. The number of nitrogens with zero attached hydrogens (tertiary/aromatic N) is 3. The van der Waals surface area contributed by atoms with Gasteiger partial charge in [-0.1, -0.05) is 0 Å². The molecule has 0 aromatic carbocycles. The average Bonchev–Trinajstić information content (AvgIpc) is 3.13. The second-order valence-electron chi connectivity index (χ2n) is 4.43. The van der Waals surface area contributed by atoms with Crippen molar-refractivity contribution >= 4 is 11.8 Å². The van der Waals surface area contributed by atoms with E-state index in [2.05, 4.69) is 20.2 Å². The van der Waals surface area contributed by atoms with Crippen molar-refractivity contribution in [1.82, 2.24) is 9.97 Å². The molecule has 1 saturated carbocycles. The van der Waals surface area contributed by atoms with Gasteiger partial charge in [0, 0.05) is 19.3 Å². The third-order valence-electron chi connectivity index (χ3n) is 3.05. The van der Waals surface area contributed by atoms with Crippen LogP contribution in [-0.2, 0) is 6.54 Å². The van der Waals surface area contributed by atoms with E-state index in [0.29, 0.717) is 12.0 Å². The Bertz CT molecular complexity index is 507. The van der Waals surface area contributed by atoms with E-state index in [0.717, 1.165) is 18.1 Å². The number of rotatable bonds is 5. The molecular formula is C13H16N4O. The van der Waals surface area contributed by atoms with Crippen LogP contribution < -0.4 is 10.2 Å². The van der Waals surface area contributed by atoms with E-state index in [9.17, 15) is 0 Å². The summed E-state index contributed by atoms with van der Waals surface area (Å²) in [4.78, 5) is 10.9. The van der Waals surface area contributed by atoms with Crippen LogP contribution in [-0.4, -0.2) is 23.1 Å². The molecule has 2 aromatic rings. The first-order valence-electron chi connectivity index (χ1n) is 6.16. The molecule has 0 unspecified atom stereocenters. The molecule has 5 heteroatoms. The number of nitrogens with one attached hydrogen (secondary N) is 1. The van der Waals surface area contributed by atoms with Gasteiger partial charge in [0.25, 0.3) is 0 Å². The zero-order valence-corrected chi connectivity index (χ0v) is 10.3. The molecule has 3 rings (SSSR count). The zero-order valence-electron chi connectivity index (χ0n) is 10.3. The van der Waals surface area contributed by atoms with Crippen LogP contribution in [0.4, 0.5) is 11.8 Å². The summed E-state index contributed by atoms with van der Waals surface area (Å²) < 4.78 is 5.42. The summed E-state index contributed by atoms with van der Waals surface area (Å²) in [7, 11) is 1.83. The van der Waals surface area contributed by atoms with Gasteiger partial charge in [0.1, 0.15) is 11.6 Å². The van der Waals surface area contributed by atoms with Gasteiger partial charge in [0.2, 0.25) is 5.95 Å². The van der Waals surface area contributed by atoms with Crippen LogP contribution in [0.2, 0.25) is 0 Å². The van der Waals surface area contributed by atoms with Crippen molar-refractivity contribution in [2.24, 2.45) is 0 Å². The first kappa shape index (κ1) is 11.1. The highest BCUT2D eigenvalue weighted by Crippen LogP contribution is 2.32. The van der Waals surface area contributed by atoms with Crippen molar-refractivity contribution in [2.45, 2.75) is 25.4 Å². The molecule has 0 radical (unpaired) electrons. The van der Waals surface area contributed by atoms with Gasteiger partial charge in [0.15, 0.2) is 0 Å². The van der Waals surface area contributed by atoms with Crippen LogP contribution in [0.15, 0.2) is 35.1 Å². The Morgan fingerprint density at radius 1 is 1.44 bits per heavy atom. The standard InChI is InChI=1S/C13H16N4O/c1-14-13-15-7-6-12(16-13)17(10-4-5-10)9-11-3-2-8-18-11/h2-3,6-8,10H,4-5,9H2,1H3,(H,14,15,16).